The number of unbranched alkanes of at least 4 members (excludes halogenated alkanes) is 5. The lowest BCUT2D eigenvalue weighted by molar-refractivity contribution is 0.567. The maximum Gasteiger partial charge on any atom is 0.295 e. The van der Waals surface area contributed by atoms with E-state index in [0.717, 1.165) is 56.7 Å². The Morgan fingerprint density at radius 1 is 0.800 bits per heavy atom. The van der Waals surface area contributed by atoms with Gasteiger partial charge in [0.05, 0.1) is 0 Å². The van der Waals surface area contributed by atoms with Gasteiger partial charge in [-0.1, -0.05) is 51.2 Å². The predicted molar refractivity (Wildman–Crippen MR) is 131 cm³/mol. The van der Waals surface area contributed by atoms with Crippen molar-refractivity contribution >= 4 is 72.3 Å². The lowest BCUT2D eigenvalue weighted by Gasteiger charge is -2.03. The summed E-state index contributed by atoms with van der Waals surface area (Å²) in [6.07, 6.45) is 7.65. The molecule has 0 saturated heterocycles. The molecule has 6 heteroatoms. The van der Waals surface area contributed by atoms with Crippen LogP contribution in [0.5, 0.6) is 0 Å². The van der Waals surface area contributed by atoms with Gasteiger partial charge < -0.3 is 14.2 Å². The number of rotatable bonds is 8. The third-order valence-corrected chi connectivity index (χ3v) is 6.09. The van der Waals surface area contributed by atoms with Crippen molar-refractivity contribution in [3.8, 4) is 0 Å². The molecular weight excluding hydrogens is 489 g/mol. The molecule has 0 bridgehead atoms. The van der Waals surface area contributed by atoms with Crippen LogP contribution in [0.15, 0.2) is 45.2 Å². The number of halogens is 1. The van der Waals surface area contributed by atoms with Gasteiger partial charge in [0.15, 0.2) is 11.2 Å². The maximum absolute atomic E-state index is 6.00. The first-order valence-electron chi connectivity index (χ1n) is 10.7. The van der Waals surface area contributed by atoms with Gasteiger partial charge in [0.25, 0.3) is 9.91 Å². The van der Waals surface area contributed by atoms with E-state index in [1.54, 1.807) is 0 Å². The van der Waals surface area contributed by atoms with Gasteiger partial charge in [-0.3, -0.25) is 0 Å². The molecule has 5 aromatic rings. The van der Waals surface area contributed by atoms with Gasteiger partial charge in [-0.2, -0.15) is 4.98 Å². The number of nitrogens with one attached hydrogen (secondary N) is 1. The van der Waals surface area contributed by atoms with E-state index in [9.17, 15) is 0 Å². The summed E-state index contributed by atoms with van der Waals surface area (Å²) in [4.78, 5) is 9.07. The molecule has 0 saturated carbocycles. The summed E-state index contributed by atoms with van der Waals surface area (Å²) in [7, 11) is 0. The van der Waals surface area contributed by atoms with Gasteiger partial charge in [0, 0.05) is 29.1 Å². The highest BCUT2D eigenvalue weighted by Gasteiger charge is 2.11. The summed E-state index contributed by atoms with van der Waals surface area (Å²) in [5, 5.41) is 7.88. The molecule has 154 valence electrons. The summed E-state index contributed by atoms with van der Waals surface area (Å²) >= 11 is 2.11. The van der Waals surface area contributed by atoms with Gasteiger partial charge in [-0.15, -0.1) is 0 Å². The van der Waals surface area contributed by atoms with E-state index in [2.05, 4.69) is 81.2 Å². The molecule has 30 heavy (non-hydrogen) atoms. The summed E-state index contributed by atoms with van der Waals surface area (Å²) in [5.41, 5.74) is 3.36. The predicted octanol–water partition coefficient (Wildman–Crippen LogP) is 7.65. The Labute approximate surface area is 188 Å². The van der Waals surface area contributed by atoms with E-state index in [0.29, 0.717) is 9.91 Å². The third-order valence-electron chi connectivity index (χ3n) is 5.63. The van der Waals surface area contributed by atoms with E-state index < -0.39 is 0 Å². The van der Waals surface area contributed by atoms with Crippen molar-refractivity contribution in [1.29, 1.82) is 0 Å². The largest absolute Gasteiger partial charge is 0.432 e. The van der Waals surface area contributed by atoms with Crippen LogP contribution in [0.2, 0.25) is 0 Å². The molecule has 0 atom stereocenters. The number of aromatic nitrogens is 2. The van der Waals surface area contributed by atoms with E-state index in [4.69, 9.17) is 8.83 Å². The summed E-state index contributed by atoms with van der Waals surface area (Å²) in [5.74, 6) is 0. The van der Waals surface area contributed by atoms with Crippen LogP contribution in [0.25, 0.3) is 43.7 Å². The number of nitrogens with zero attached hydrogens (tertiary/aromatic N) is 2. The van der Waals surface area contributed by atoms with Crippen LogP contribution in [0, 0.1) is 3.90 Å². The van der Waals surface area contributed by atoms with Crippen molar-refractivity contribution in [2.45, 2.75) is 45.4 Å². The van der Waals surface area contributed by atoms with Gasteiger partial charge in [-0.05, 0) is 52.2 Å². The minimum Gasteiger partial charge on any atom is -0.432 e. The molecule has 0 spiro atoms. The van der Waals surface area contributed by atoms with Crippen molar-refractivity contribution in [3.63, 3.8) is 0 Å². The smallest absolute Gasteiger partial charge is 0.295 e. The Bertz CT molecular complexity index is 1340. The molecule has 0 amide bonds. The first-order chi connectivity index (χ1) is 14.7. The quantitative estimate of drug-likeness (QED) is 0.131. The zero-order valence-electron chi connectivity index (χ0n) is 17.0. The summed E-state index contributed by atoms with van der Waals surface area (Å²) < 4.78 is 12.4. The summed E-state index contributed by atoms with van der Waals surface area (Å²) in [6.45, 7) is 3.14. The molecule has 0 radical (unpaired) electrons. The zero-order valence-corrected chi connectivity index (χ0v) is 19.2. The average Bonchev–Trinajstić information content (AvgIpc) is 3.30. The molecule has 5 nitrogen and oxygen atoms in total. The van der Waals surface area contributed by atoms with Crippen LogP contribution < -0.4 is 5.32 Å². The SMILES string of the molecule is CCCCCCCCNc1nc2cc3ccc4cc5nc(I)oc5cc4c3cc2o1. The molecular formula is C24H24IN3O2. The highest BCUT2D eigenvalue weighted by molar-refractivity contribution is 14.1. The minimum atomic E-state index is 0.602. The number of anilines is 1. The molecule has 0 aliphatic rings. The van der Waals surface area contributed by atoms with Crippen molar-refractivity contribution in [3.05, 3.63) is 40.3 Å². The fourth-order valence-corrected chi connectivity index (χ4v) is 4.55. The highest BCUT2D eigenvalue weighted by Crippen LogP contribution is 2.33. The number of oxazole rings is 2. The fraction of sp³-hybridized carbons (Fsp3) is 0.333. The van der Waals surface area contributed by atoms with Gasteiger partial charge in [-0.25, -0.2) is 4.98 Å². The molecule has 0 unspecified atom stereocenters. The van der Waals surface area contributed by atoms with Crippen LogP contribution in [0.1, 0.15) is 45.4 Å². The summed E-state index contributed by atoms with van der Waals surface area (Å²) in [6, 6.07) is 13.2. The Morgan fingerprint density at radius 2 is 1.43 bits per heavy atom. The first kappa shape index (κ1) is 19.6. The minimum absolute atomic E-state index is 0.602. The molecule has 3 aromatic carbocycles. The third kappa shape index (κ3) is 3.85. The Morgan fingerprint density at radius 3 is 2.17 bits per heavy atom. The second-order valence-corrected chi connectivity index (χ2v) is 8.75. The van der Waals surface area contributed by atoms with Crippen LogP contribution in [0.3, 0.4) is 0 Å². The second-order valence-electron chi connectivity index (χ2n) is 7.83. The van der Waals surface area contributed by atoms with Crippen molar-refractivity contribution in [2.75, 3.05) is 11.9 Å². The average molecular weight is 513 g/mol. The van der Waals surface area contributed by atoms with Crippen LogP contribution in [-0.2, 0) is 0 Å². The Hall–Kier alpha value is -2.35. The maximum atomic E-state index is 6.00. The molecule has 0 aliphatic carbocycles. The van der Waals surface area contributed by atoms with Crippen molar-refractivity contribution in [2.24, 2.45) is 0 Å². The van der Waals surface area contributed by atoms with Gasteiger partial charge >= 0.3 is 0 Å². The van der Waals surface area contributed by atoms with Crippen LogP contribution in [-0.4, -0.2) is 16.5 Å². The van der Waals surface area contributed by atoms with E-state index >= 15 is 0 Å². The molecule has 2 aromatic heterocycles. The zero-order chi connectivity index (χ0) is 20.5. The van der Waals surface area contributed by atoms with Crippen molar-refractivity contribution < 1.29 is 8.83 Å². The van der Waals surface area contributed by atoms with Gasteiger partial charge in [0.2, 0.25) is 0 Å². The number of hydrogen-bond acceptors (Lipinski definition) is 5. The van der Waals surface area contributed by atoms with Crippen LogP contribution in [0.4, 0.5) is 6.01 Å². The first-order valence-corrected chi connectivity index (χ1v) is 11.8. The van der Waals surface area contributed by atoms with E-state index in [1.165, 1.54) is 32.1 Å². The van der Waals surface area contributed by atoms with Crippen molar-refractivity contribution in [1.82, 2.24) is 9.97 Å². The second kappa shape index (κ2) is 8.41. The van der Waals surface area contributed by atoms with Crippen LogP contribution >= 0.6 is 22.6 Å². The lowest BCUT2D eigenvalue weighted by atomic mass is 10.0. The fourth-order valence-electron chi connectivity index (χ4n) is 4.05. The van der Waals surface area contributed by atoms with E-state index in [-0.39, 0.29) is 0 Å². The topological polar surface area (TPSA) is 64.1 Å². The molecule has 1 N–H and O–H groups in total. The monoisotopic (exact) mass is 513 g/mol. The lowest BCUT2D eigenvalue weighted by Crippen LogP contribution is -2.01. The normalized spacial score (nSPS) is 11.9. The molecule has 5 rings (SSSR count). The Kier molecular flexibility index (Phi) is 5.50. The molecule has 2 heterocycles. The number of hydrogen-bond donors (Lipinski definition) is 1. The van der Waals surface area contributed by atoms with E-state index in [1.807, 2.05) is 0 Å². The molecule has 0 aliphatic heterocycles. The highest BCUT2D eigenvalue weighted by atomic mass is 127. The molecule has 0 fully saturated rings. The number of fused-ring (bicyclic) bond motifs is 5. The Balaban J connectivity index is 1.41. The number of benzene rings is 3. The standard InChI is InChI=1S/C24H24IN3O2/c1-2-3-4-5-6-7-10-26-24-28-20-12-16-9-8-15-11-19-21(29-23(25)27-19)13-17(15)18(16)14-22(20)30-24/h8-9,11-14H,2-7,10H2,1H3,(H,26,28). The van der Waals surface area contributed by atoms with Gasteiger partial charge in [0.1, 0.15) is 11.0 Å².